The minimum Gasteiger partial charge on any atom is -0.456 e. The molecule has 1 heteroatoms. The molecule has 8 aromatic carbocycles. The fraction of sp³-hybridized carbons (Fsp3) is 0.0943. The minimum absolute atomic E-state index is 0.584. The van der Waals surface area contributed by atoms with Crippen molar-refractivity contribution in [3.05, 3.63) is 180 Å². The summed E-state index contributed by atoms with van der Waals surface area (Å²) in [5, 5.41) is 14.3. The van der Waals surface area contributed by atoms with Crippen molar-refractivity contribution in [2.45, 2.75) is 33.0 Å². The Balaban J connectivity index is 1.37. The fourth-order valence-electron chi connectivity index (χ4n) is 9.68. The fourth-order valence-corrected chi connectivity index (χ4v) is 9.68. The number of rotatable bonds is 1. The van der Waals surface area contributed by atoms with E-state index in [1.807, 2.05) is 37.3 Å². The molecule has 2 aliphatic carbocycles. The van der Waals surface area contributed by atoms with Gasteiger partial charge in [-0.3, -0.25) is 0 Å². The zero-order valence-corrected chi connectivity index (χ0v) is 30.4. The summed E-state index contributed by atoms with van der Waals surface area (Å²) in [5.41, 5.74) is 6.62. The lowest BCUT2D eigenvalue weighted by atomic mass is 9.74. The largest absolute Gasteiger partial charge is 0.456 e. The van der Waals surface area contributed by atoms with Gasteiger partial charge in [0.2, 0.25) is 0 Å². The third-order valence-electron chi connectivity index (χ3n) is 12.2. The predicted octanol–water partition coefficient (Wildman–Crippen LogP) is 15.0. The smallest absolute Gasteiger partial charge is 0.139 e. The Bertz CT molecular complexity index is 3360. The first-order valence-electron chi connectivity index (χ1n) is 20.3. The van der Waals surface area contributed by atoms with Crippen molar-refractivity contribution in [3.8, 4) is 33.8 Å². The van der Waals surface area contributed by atoms with Gasteiger partial charge < -0.3 is 4.74 Å². The number of hydrogen-bond donors (Lipinski definition) is 0. The maximum Gasteiger partial charge on any atom is 0.139 e. The van der Waals surface area contributed by atoms with Crippen LogP contribution in [-0.4, -0.2) is 0 Å². The standard InChI is InChI=1S/C53H38O/c1-31-27-30-46-52(54-47-26-12-11-25-45(47)53(46,3)4)48(31)33-28-29-43-39-20-10-9-19-38(39)41-22-13-21-40-36-17-7-5-15-34(36)35-16-6-8-18-37(35)42-23-14-24-44(49(43)32(33)2)51(42)50(40)41/h5-30H,1-4H3/i3D3. The third kappa shape index (κ3) is 4.15. The second-order valence-corrected chi connectivity index (χ2v) is 15.1. The zero-order chi connectivity index (χ0) is 38.8. The molecule has 0 bridgehead atoms. The SMILES string of the molecule is [2H]C([2H])([2H])C1(C)c2ccccc2Oc2c1ccc(C)c2-c1ccc2c3ccccc3c3cccc4c3-c3c(cccc3c2c1C)c1ccccc1c1ccccc41. The summed E-state index contributed by atoms with van der Waals surface area (Å²) in [7, 11) is 0. The van der Waals surface area contributed by atoms with Gasteiger partial charge in [0.05, 0.1) is 0 Å². The van der Waals surface area contributed by atoms with Crippen LogP contribution < -0.4 is 4.74 Å². The monoisotopic (exact) mass is 693 g/mol. The lowest BCUT2D eigenvalue weighted by Gasteiger charge is -2.36. The highest BCUT2D eigenvalue weighted by Gasteiger charge is 2.36. The predicted molar refractivity (Wildman–Crippen MR) is 230 cm³/mol. The molecule has 1 unspecified atom stereocenters. The molecule has 0 N–H and O–H groups in total. The van der Waals surface area contributed by atoms with Gasteiger partial charge in [0, 0.05) is 26.2 Å². The van der Waals surface area contributed by atoms with E-state index in [1.54, 1.807) is 0 Å². The van der Waals surface area contributed by atoms with E-state index in [0.717, 1.165) is 33.0 Å². The highest BCUT2D eigenvalue weighted by molar-refractivity contribution is 6.32. The Morgan fingerprint density at radius 3 is 1.50 bits per heavy atom. The summed E-state index contributed by atoms with van der Waals surface area (Å²) in [6.07, 6.45) is 0. The van der Waals surface area contributed by atoms with Crippen LogP contribution >= 0.6 is 0 Å². The molecular weight excluding hydrogens is 653 g/mol. The first-order valence-corrected chi connectivity index (χ1v) is 18.8. The van der Waals surface area contributed by atoms with E-state index in [4.69, 9.17) is 8.85 Å². The normalized spacial score (nSPS) is 16.3. The number of benzene rings is 8. The van der Waals surface area contributed by atoms with Crippen LogP contribution in [0.4, 0.5) is 0 Å². The average Bonchev–Trinajstić information content (AvgIpc) is 3.22. The molecule has 11 rings (SSSR count). The lowest BCUT2D eigenvalue weighted by Crippen LogP contribution is -2.24. The molecule has 0 saturated heterocycles. The molecular formula is C53H38O. The number of fused-ring (bicyclic) bond motifs is 12. The van der Waals surface area contributed by atoms with Crippen LogP contribution in [0.15, 0.2) is 158 Å². The summed E-state index contributed by atoms with van der Waals surface area (Å²) in [5.74, 6) is 1.20. The van der Waals surface area contributed by atoms with Gasteiger partial charge in [0.25, 0.3) is 0 Å². The second kappa shape index (κ2) is 11.3. The maximum atomic E-state index is 8.89. The van der Waals surface area contributed by atoms with Crippen molar-refractivity contribution in [3.63, 3.8) is 0 Å². The van der Waals surface area contributed by atoms with E-state index in [1.165, 1.54) is 65.0 Å². The van der Waals surface area contributed by atoms with E-state index in [2.05, 4.69) is 141 Å². The third-order valence-corrected chi connectivity index (χ3v) is 12.2. The summed E-state index contributed by atoms with van der Waals surface area (Å²) in [4.78, 5) is 0. The van der Waals surface area contributed by atoms with E-state index >= 15 is 0 Å². The summed E-state index contributed by atoms with van der Waals surface area (Å²) in [6.45, 7) is 3.86. The molecule has 1 nitrogen and oxygen atoms in total. The van der Waals surface area contributed by atoms with Crippen molar-refractivity contribution in [2.75, 3.05) is 0 Å². The molecule has 256 valence electrons. The molecule has 0 fully saturated rings. The van der Waals surface area contributed by atoms with Crippen LogP contribution in [0.5, 0.6) is 11.5 Å². The van der Waals surface area contributed by atoms with Gasteiger partial charge in [-0.1, -0.05) is 165 Å². The van der Waals surface area contributed by atoms with Gasteiger partial charge in [-0.05, 0) is 112 Å². The van der Waals surface area contributed by atoms with Gasteiger partial charge in [0.1, 0.15) is 11.5 Å². The topological polar surface area (TPSA) is 9.23 Å². The number of hydrogen-bond acceptors (Lipinski definition) is 1. The molecule has 1 atom stereocenters. The molecule has 1 aliphatic heterocycles. The van der Waals surface area contributed by atoms with Crippen molar-refractivity contribution >= 4 is 64.6 Å². The molecule has 1 heterocycles. The zero-order valence-electron chi connectivity index (χ0n) is 33.4. The number of para-hydroxylation sites is 1. The van der Waals surface area contributed by atoms with Crippen LogP contribution in [0.1, 0.15) is 40.1 Å². The van der Waals surface area contributed by atoms with Crippen LogP contribution in [0, 0.1) is 13.8 Å². The van der Waals surface area contributed by atoms with Crippen LogP contribution in [0.3, 0.4) is 0 Å². The number of aryl methyl sites for hydroxylation is 2. The molecule has 8 aromatic rings. The average molecular weight is 694 g/mol. The molecule has 0 amide bonds. The van der Waals surface area contributed by atoms with Crippen molar-refractivity contribution in [2.24, 2.45) is 0 Å². The van der Waals surface area contributed by atoms with Gasteiger partial charge in [-0.2, -0.15) is 0 Å². The molecule has 0 aromatic heterocycles. The van der Waals surface area contributed by atoms with E-state index < -0.39 is 12.3 Å². The Hall–Kier alpha value is -6.44. The Kier molecular flexibility index (Phi) is 5.87. The van der Waals surface area contributed by atoms with Gasteiger partial charge >= 0.3 is 0 Å². The van der Waals surface area contributed by atoms with Crippen LogP contribution in [0.2, 0.25) is 0 Å². The van der Waals surface area contributed by atoms with E-state index in [0.29, 0.717) is 22.6 Å². The molecule has 0 saturated carbocycles. The lowest BCUT2D eigenvalue weighted by molar-refractivity contribution is 0.419. The molecule has 54 heavy (non-hydrogen) atoms. The molecule has 0 spiro atoms. The molecule has 3 aliphatic rings. The van der Waals surface area contributed by atoms with Crippen LogP contribution in [-0.2, 0) is 5.41 Å². The van der Waals surface area contributed by atoms with E-state index in [-0.39, 0.29) is 0 Å². The highest BCUT2D eigenvalue weighted by Crippen LogP contribution is 2.54. The van der Waals surface area contributed by atoms with Gasteiger partial charge in [0.15, 0.2) is 0 Å². The minimum atomic E-state index is -2.32. The quantitative estimate of drug-likeness (QED) is 0.166. The van der Waals surface area contributed by atoms with Crippen molar-refractivity contribution in [1.82, 2.24) is 0 Å². The van der Waals surface area contributed by atoms with Crippen molar-refractivity contribution in [1.29, 1.82) is 0 Å². The van der Waals surface area contributed by atoms with Crippen LogP contribution in [0.25, 0.3) is 86.9 Å². The first-order chi connectivity index (χ1) is 27.7. The van der Waals surface area contributed by atoms with Gasteiger partial charge in [-0.15, -0.1) is 0 Å². The highest BCUT2D eigenvalue weighted by atomic mass is 16.5. The van der Waals surface area contributed by atoms with Gasteiger partial charge in [-0.25, -0.2) is 0 Å². The maximum absolute atomic E-state index is 8.89. The Morgan fingerprint density at radius 1 is 0.426 bits per heavy atom. The summed E-state index contributed by atoms with van der Waals surface area (Å²) in [6, 6.07) is 56.2. The number of ether oxygens (including phenoxy) is 1. The molecule has 0 radical (unpaired) electrons. The Morgan fingerprint density at radius 2 is 0.907 bits per heavy atom. The van der Waals surface area contributed by atoms with E-state index in [9.17, 15) is 0 Å². The Labute approximate surface area is 319 Å². The second-order valence-electron chi connectivity index (χ2n) is 15.1. The first kappa shape index (κ1) is 28.1. The summed E-state index contributed by atoms with van der Waals surface area (Å²) >= 11 is 0. The summed E-state index contributed by atoms with van der Waals surface area (Å²) < 4.78 is 33.5. The van der Waals surface area contributed by atoms with Crippen molar-refractivity contribution < 1.29 is 8.85 Å².